The van der Waals surface area contributed by atoms with Gasteiger partial charge in [-0.15, -0.1) is 0 Å². The molecule has 0 aliphatic carbocycles. The van der Waals surface area contributed by atoms with Gasteiger partial charge in [0.15, 0.2) is 0 Å². The van der Waals surface area contributed by atoms with Gasteiger partial charge in [0.1, 0.15) is 5.69 Å². The minimum Gasteiger partial charge on any atom is -0.477 e. The van der Waals surface area contributed by atoms with E-state index >= 15 is 0 Å². The predicted octanol–water partition coefficient (Wildman–Crippen LogP) is 1.21. The Hall–Kier alpha value is -1.46. The minimum absolute atomic E-state index is 0.0913. The largest absolute Gasteiger partial charge is 0.477 e. The van der Waals surface area contributed by atoms with Crippen LogP contribution in [0.15, 0.2) is 18.2 Å². The third-order valence-electron chi connectivity index (χ3n) is 2.85. The Bertz CT molecular complexity index is 394. The normalized spacial score (nSPS) is 11.2. The summed E-state index contributed by atoms with van der Waals surface area (Å²) in [6.07, 6.45) is 0. The quantitative estimate of drug-likeness (QED) is 0.713. The first kappa shape index (κ1) is 14.6. The number of hydrogen-bond acceptors (Lipinski definition) is 4. The molecule has 0 aromatic carbocycles. The number of nitrogens with one attached hydrogen (secondary N) is 1. The molecule has 0 aliphatic rings. The van der Waals surface area contributed by atoms with Gasteiger partial charge in [0.25, 0.3) is 0 Å². The third kappa shape index (κ3) is 4.81. The summed E-state index contributed by atoms with van der Waals surface area (Å²) in [4.78, 5) is 17.1. The summed E-state index contributed by atoms with van der Waals surface area (Å²) in [5, 5.41) is 12.1. The fourth-order valence-electron chi connectivity index (χ4n) is 1.43. The number of carbonyl (C=O) groups is 1. The highest BCUT2D eigenvalue weighted by atomic mass is 16.4. The number of carboxylic acids is 1. The molecule has 0 fully saturated rings. The lowest BCUT2D eigenvalue weighted by Gasteiger charge is -2.20. The molecule has 18 heavy (non-hydrogen) atoms. The number of aromatic nitrogens is 1. The third-order valence-corrected chi connectivity index (χ3v) is 2.85. The molecular weight excluding hydrogens is 230 g/mol. The van der Waals surface area contributed by atoms with E-state index in [1.54, 1.807) is 6.07 Å². The molecule has 0 saturated carbocycles. The molecule has 0 unspecified atom stereocenters. The summed E-state index contributed by atoms with van der Waals surface area (Å²) < 4.78 is 0. The molecule has 5 nitrogen and oxygen atoms in total. The molecule has 0 bridgehead atoms. The Morgan fingerprint density at radius 3 is 2.83 bits per heavy atom. The number of pyridine rings is 1. The second kappa shape index (κ2) is 7.08. The molecular formula is C13H21N3O2. The number of rotatable bonds is 7. The van der Waals surface area contributed by atoms with Gasteiger partial charge >= 0.3 is 5.97 Å². The Balaban J connectivity index is 2.35. The SMILES string of the molecule is CC(C)N(C)CCNCc1cccc(C(=O)O)n1. The first-order valence-electron chi connectivity index (χ1n) is 6.11. The minimum atomic E-state index is -0.989. The summed E-state index contributed by atoms with van der Waals surface area (Å²) in [6, 6.07) is 5.57. The number of nitrogens with zero attached hydrogens (tertiary/aromatic N) is 2. The molecule has 1 aromatic rings. The second-order valence-electron chi connectivity index (χ2n) is 4.57. The van der Waals surface area contributed by atoms with Crippen LogP contribution in [-0.4, -0.2) is 47.1 Å². The van der Waals surface area contributed by atoms with Crippen LogP contribution in [0, 0.1) is 0 Å². The zero-order valence-corrected chi connectivity index (χ0v) is 11.2. The van der Waals surface area contributed by atoms with Crippen LogP contribution < -0.4 is 5.32 Å². The monoisotopic (exact) mass is 251 g/mol. The maximum Gasteiger partial charge on any atom is 0.354 e. The maximum atomic E-state index is 10.8. The lowest BCUT2D eigenvalue weighted by Crippen LogP contribution is -2.33. The van der Waals surface area contributed by atoms with Crippen LogP contribution in [-0.2, 0) is 6.54 Å². The summed E-state index contributed by atoms with van der Waals surface area (Å²) in [5.41, 5.74) is 0.843. The van der Waals surface area contributed by atoms with Crippen LogP contribution in [0.25, 0.3) is 0 Å². The molecule has 0 radical (unpaired) electrons. The highest BCUT2D eigenvalue weighted by molar-refractivity contribution is 5.85. The molecule has 1 aromatic heterocycles. The zero-order valence-electron chi connectivity index (χ0n) is 11.2. The van der Waals surface area contributed by atoms with E-state index in [1.807, 2.05) is 6.07 Å². The average molecular weight is 251 g/mol. The first-order chi connectivity index (χ1) is 8.50. The lowest BCUT2D eigenvalue weighted by atomic mass is 10.3. The van der Waals surface area contributed by atoms with Crippen molar-refractivity contribution < 1.29 is 9.90 Å². The van der Waals surface area contributed by atoms with E-state index in [4.69, 9.17) is 5.11 Å². The fourth-order valence-corrected chi connectivity index (χ4v) is 1.43. The Kier molecular flexibility index (Phi) is 5.74. The highest BCUT2D eigenvalue weighted by Gasteiger charge is 2.05. The first-order valence-corrected chi connectivity index (χ1v) is 6.11. The van der Waals surface area contributed by atoms with Gasteiger partial charge in [-0.25, -0.2) is 9.78 Å². The van der Waals surface area contributed by atoms with Crippen molar-refractivity contribution >= 4 is 5.97 Å². The number of hydrogen-bond donors (Lipinski definition) is 2. The lowest BCUT2D eigenvalue weighted by molar-refractivity contribution is 0.0690. The van der Waals surface area contributed by atoms with E-state index in [0.717, 1.165) is 18.8 Å². The van der Waals surface area contributed by atoms with E-state index in [1.165, 1.54) is 6.07 Å². The molecule has 0 atom stereocenters. The highest BCUT2D eigenvalue weighted by Crippen LogP contribution is 1.99. The second-order valence-corrected chi connectivity index (χ2v) is 4.57. The molecule has 100 valence electrons. The molecule has 2 N–H and O–H groups in total. The van der Waals surface area contributed by atoms with Crippen LogP contribution in [0.2, 0.25) is 0 Å². The molecule has 0 spiro atoms. The predicted molar refractivity (Wildman–Crippen MR) is 70.7 cm³/mol. The van der Waals surface area contributed by atoms with E-state index < -0.39 is 5.97 Å². The van der Waals surface area contributed by atoms with Crippen molar-refractivity contribution in [3.05, 3.63) is 29.6 Å². The summed E-state index contributed by atoms with van der Waals surface area (Å²) in [5.74, 6) is -0.989. The molecule has 0 saturated heterocycles. The molecule has 1 rings (SSSR count). The van der Waals surface area contributed by atoms with Gasteiger partial charge in [-0.05, 0) is 33.0 Å². The van der Waals surface area contributed by atoms with Crippen LogP contribution in [0.4, 0.5) is 0 Å². The van der Waals surface area contributed by atoms with E-state index in [2.05, 4.69) is 36.1 Å². The van der Waals surface area contributed by atoms with Crippen molar-refractivity contribution in [2.45, 2.75) is 26.4 Å². The van der Waals surface area contributed by atoms with E-state index in [0.29, 0.717) is 12.6 Å². The molecule has 0 aliphatic heterocycles. The summed E-state index contributed by atoms with van der Waals surface area (Å²) in [6.45, 7) is 6.70. The van der Waals surface area contributed by atoms with Gasteiger partial charge in [-0.1, -0.05) is 6.07 Å². The van der Waals surface area contributed by atoms with Crippen molar-refractivity contribution in [3.63, 3.8) is 0 Å². The maximum absolute atomic E-state index is 10.8. The summed E-state index contributed by atoms with van der Waals surface area (Å²) >= 11 is 0. The molecule has 5 heteroatoms. The Labute approximate surface area is 108 Å². The van der Waals surface area contributed by atoms with Crippen molar-refractivity contribution in [3.8, 4) is 0 Å². The van der Waals surface area contributed by atoms with Crippen molar-refractivity contribution in [2.24, 2.45) is 0 Å². The van der Waals surface area contributed by atoms with Crippen molar-refractivity contribution in [1.29, 1.82) is 0 Å². The Morgan fingerprint density at radius 1 is 1.50 bits per heavy atom. The summed E-state index contributed by atoms with van der Waals surface area (Å²) in [7, 11) is 2.08. The van der Waals surface area contributed by atoms with E-state index in [9.17, 15) is 4.79 Å². The fraction of sp³-hybridized carbons (Fsp3) is 0.538. The Morgan fingerprint density at radius 2 is 2.22 bits per heavy atom. The van der Waals surface area contributed by atoms with Crippen LogP contribution >= 0.6 is 0 Å². The van der Waals surface area contributed by atoms with Crippen LogP contribution in [0.3, 0.4) is 0 Å². The topological polar surface area (TPSA) is 65.5 Å². The molecule has 1 heterocycles. The van der Waals surface area contributed by atoms with Crippen LogP contribution in [0.1, 0.15) is 30.0 Å². The van der Waals surface area contributed by atoms with Crippen molar-refractivity contribution in [1.82, 2.24) is 15.2 Å². The zero-order chi connectivity index (χ0) is 13.5. The van der Waals surface area contributed by atoms with Gasteiger partial charge in [0.2, 0.25) is 0 Å². The van der Waals surface area contributed by atoms with Crippen molar-refractivity contribution in [2.75, 3.05) is 20.1 Å². The smallest absolute Gasteiger partial charge is 0.354 e. The van der Waals surface area contributed by atoms with Gasteiger partial charge in [-0.2, -0.15) is 0 Å². The average Bonchev–Trinajstić information content (AvgIpc) is 2.34. The van der Waals surface area contributed by atoms with Crippen LogP contribution in [0.5, 0.6) is 0 Å². The van der Waals surface area contributed by atoms with Gasteiger partial charge in [0, 0.05) is 25.7 Å². The van der Waals surface area contributed by atoms with E-state index in [-0.39, 0.29) is 5.69 Å². The standard InChI is InChI=1S/C13H21N3O2/c1-10(2)16(3)8-7-14-9-11-5-4-6-12(15-11)13(17)18/h4-6,10,14H,7-9H2,1-3H3,(H,17,18). The van der Waals surface area contributed by atoms with Gasteiger partial charge in [0.05, 0.1) is 5.69 Å². The number of aromatic carboxylic acids is 1. The van der Waals surface area contributed by atoms with Gasteiger partial charge < -0.3 is 15.3 Å². The number of likely N-dealkylation sites (N-methyl/N-ethyl adjacent to an activating group) is 1. The van der Waals surface area contributed by atoms with Gasteiger partial charge in [-0.3, -0.25) is 0 Å². The molecule has 0 amide bonds. The number of carboxylic acid groups (broad SMARTS) is 1.